The molecule has 0 saturated carbocycles. The molecule has 0 atom stereocenters. The van der Waals surface area contributed by atoms with Gasteiger partial charge in [0.05, 0.1) is 6.20 Å². The van der Waals surface area contributed by atoms with Gasteiger partial charge in [-0.2, -0.15) is 0 Å². The second kappa shape index (κ2) is 5.47. The summed E-state index contributed by atoms with van der Waals surface area (Å²) in [6, 6.07) is 9.72. The van der Waals surface area contributed by atoms with E-state index < -0.39 is 0 Å². The monoisotopic (exact) mass is 258 g/mol. The molecule has 102 valence electrons. The minimum absolute atomic E-state index is 0.365. The molecule has 2 aromatic rings. The van der Waals surface area contributed by atoms with Gasteiger partial charge in [0.1, 0.15) is 0 Å². The third-order valence-electron chi connectivity index (χ3n) is 3.16. The summed E-state index contributed by atoms with van der Waals surface area (Å²) in [5.41, 5.74) is 2.31. The lowest BCUT2D eigenvalue weighted by Crippen LogP contribution is -2.37. The highest BCUT2D eigenvalue weighted by molar-refractivity contribution is 5.58. The van der Waals surface area contributed by atoms with Crippen molar-refractivity contribution in [3.8, 4) is 11.3 Å². The Labute approximate surface area is 115 Å². The van der Waals surface area contributed by atoms with E-state index in [-0.39, 0.29) is 0 Å². The van der Waals surface area contributed by atoms with E-state index in [2.05, 4.69) is 68.8 Å². The topological polar surface area (TPSA) is 29.3 Å². The number of nitrogens with zero attached hydrogens (tertiary/aromatic N) is 2. The van der Waals surface area contributed by atoms with Gasteiger partial charge >= 0.3 is 0 Å². The van der Waals surface area contributed by atoms with Crippen LogP contribution in [0.25, 0.3) is 11.3 Å². The van der Waals surface area contributed by atoms with Crippen molar-refractivity contribution in [1.29, 1.82) is 0 Å². The van der Waals surface area contributed by atoms with Crippen LogP contribution in [0.3, 0.4) is 0 Å². The van der Waals surface area contributed by atoms with Crippen molar-refractivity contribution >= 4 is 6.01 Å². The summed E-state index contributed by atoms with van der Waals surface area (Å²) in [7, 11) is 0. The number of anilines is 1. The second-order valence-corrected chi connectivity index (χ2v) is 5.47. The molecule has 0 aliphatic carbocycles. The molecule has 3 heteroatoms. The Balaban J connectivity index is 2.30. The van der Waals surface area contributed by atoms with Gasteiger partial charge < -0.3 is 9.32 Å². The smallest absolute Gasteiger partial charge is 0.298 e. The van der Waals surface area contributed by atoms with E-state index in [0.717, 1.165) is 11.3 Å². The van der Waals surface area contributed by atoms with Crippen molar-refractivity contribution in [1.82, 2.24) is 4.98 Å². The summed E-state index contributed by atoms with van der Waals surface area (Å²) in [5, 5.41) is 0. The number of rotatable bonds is 4. The van der Waals surface area contributed by atoms with Crippen LogP contribution in [0.4, 0.5) is 6.01 Å². The standard InChI is InChI=1S/C16H22N2O/c1-11(2)18(12(3)4)16-17-10-15(19-16)14-8-6-13(5)7-9-14/h6-12H,1-5H3. The average molecular weight is 258 g/mol. The Morgan fingerprint density at radius 2 is 1.58 bits per heavy atom. The summed E-state index contributed by atoms with van der Waals surface area (Å²) >= 11 is 0. The Kier molecular flexibility index (Phi) is 3.93. The first-order valence-corrected chi connectivity index (χ1v) is 6.80. The van der Waals surface area contributed by atoms with Crippen LogP contribution in [-0.4, -0.2) is 17.1 Å². The van der Waals surface area contributed by atoms with Gasteiger partial charge in [0, 0.05) is 17.6 Å². The maximum atomic E-state index is 5.91. The summed E-state index contributed by atoms with van der Waals surface area (Å²) in [6.45, 7) is 10.7. The van der Waals surface area contributed by atoms with E-state index in [4.69, 9.17) is 4.42 Å². The number of oxazole rings is 1. The van der Waals surface area contributed by atoms with Crippen LogP contribution in [-0.2, 0) is 0 Å². The molecule has 0 fully saturated rings. The molecule has 1 aromatic carbocycles. The highest BCUT2D eigenvalue weighted by Gasteiger charge is 2.19. The van der Waals surface area contributed by atoms with E-state index in [1.807, 2.05) is 0 Å². The van der Waals surface area contributed by atoms with Gasteiger partial charge in [0.2, 0.25) is 0 Å². The summed E-state index contributed by atoms with van der Waals surface area (Å²) in [4.78, 5) is 6.60. The third-order valence-corrected chi connectivity index (χ3v) is 3.16. The molecule has 0 radical (unpaired) electrons. The van der Waals surface area contributed by atoms with Crippen molar-refractivity contribution in [2.24, 2.45) is 0 Å². The molecule has 0 spiro atoms. The van der Waals surface area contributed by atoms with Crippen LogP contribution in [0, 0.1) is 6.92 Å². The summed E-state index contributed by atoms with van der Waals surface area (Å²) in [5.74, 6) is 0.821. The number of aromatic nitrogens is 1. The van der Waals surface area contributed by atoms with Gasteiger partial charge in [0.15, 0.2) is 5.76 Å². The van der Waals surface area contributed by atoms with Crippen molar-refractivity contribution in [3.05, 3.63) is 36.0 Å². The summed E-state index contributed by atoms with van der Waals surface area (Å²) in [6.07, 6.45) is 1.80. The molecule has 0 amide bonds. The van der Waals surface area contributed by atoms with Gasteiger partial charge in [-0.25, -0.2) is 4.98 Å². The van der Waals surface area contributed by atoms with E-state index in [1.54, 1.807) is 6.20 Å². The van der Waals surface area contributed by atoms with E-state index in [0.29, 0.717) is 18.1 Å². The van der Waals surface area contributed by atoms with Crippen molar-refractivity contribution < 1.29 is 4.42 Å². The molecule has 1 heterocycles. The zero-order chi connectivity index (χ0) is 14.0. The predicted molar refractivity (Wildman–Crippen MR) is 79.4 cm³/mol. The molecule has 0 bridgehead atoms. The molecule has 1 aromatic heterocycles. The third kappa shape index (κ3) is 2.98. The van der Waals surface area contributed by atoms with Gasteiger partial charge in [-0.3, -0.25) is 0 Å². The molecule has 3 nitrogen and oxygen atoms in total. The van der Waals surface area contributed by atoms with Crippen LogP contribution < -0.4 is 4.90 Å². The molecular formula is C16H22N2O. The van der Waals surface area contributed by atoms with Gasteiger partial charge in [-0.15, -0.1) is 0 Å². The Morgan fingerprint density at radius 3 is 2.11 bits per heavy atom. The molecule has 0 unspecified atom stereocenters. The number of hydrogen-bond donors (Lipinski definition) is 0. The molecule has 2 rings (SSSR count). The van der Waals surface area contributed by atoms with Crippen LogP contribution in [0.1, 0.15) is 33.3 Å². The normalized spacial score (nSPS) is 11.3. The van der Waals surface area contributed by atoms with Crippen molar-refractivity contribution in [3.63, 3.8) is 0 Å². The van der Waals surface area contributed by atoms with Crippen molar-refractivity contribution in [2.75, 3.05) is 4.90 Å². The van der Waals surface area contributed by atoms with E-state index in [9.17, 15) is 0 Å². The van der Waals surface area contributed by atoms with Gasteiger partial charge in [0.25, 0.3) is 6.01 Å². The molecule has 0 aliphatic rings. The number of hydrogen-bond acceptors (Lipinski definition) is 3. The minimum atomic E-state index is 0.365. The van der Waals surface area contributed by atoms with Gasteiger partial charge in [-0.1, -0.05) is 29.8 Å². The van der Waals surface area contributed by atoms with E-state index in [1.165, 1.54) is 5.56 Å². The van der Waals surface area contributed by atoms with Crippen LogP contribution in [0.5, 0.6) is 0 Å². The first kappa shape index (κ1) is 13.7. The van der Waals surface area contributed by atoms with Crippen molar-refractivity contribution in [2.45, 2.75) is 46.7 Å². The molecule has 0 N–H and O–H groups in total. The lowest BCUT2D eigenvalue weighted by Gasteiger charge is -2.28. The highest BCUT2D eigenvalue weighted by Crippen LogP contribution is 2.26. The highest BCUT2D eigenvalue weighted by atomic mass is 16.4. The lowest BCUT2D eigenvalue weighted by atomic mass is 10.1. The minimum Gasteiger partial charge on any atom is -0.423 e. The Morgan fingerprint density at radius 1 is 1.00 bits per heavy atom. The Bertz CT molecular complexity index is 518. The van der Waals surface area contributed by atoms with Gasteiger partial charge in [-0.05, 0) is 34.6 Å². The zero-order valence-corrected chi connectivity index (χ0v) is 12.3. The van der Waals surface area contributed by atoms with Crippen LogP contribution in [0.2, 0.25) is 0 Å². The van der Waals surface area contributed by atoms with E-state index >= 15 is 0 Å². The maximum absolute atomic E-state index is 5.91. The fourth-order valence-electron chi connectivity index (χ4n) is 2.27. The molecule has 19 heavy (non-hydrogen) atoms. The zero-order valence-electron chi connectivity index (χ0n) is 12.3. The number of aryl methyl sites for hydroxylation is 1. The fourth-order valence-corrected chi connectivity index (χ4v) is 2.27. The van der Waals surface area contributed by atoms with Crippen LogP contribution in [0.15, 0.2) is 34.9 Å². The first-order valence-electron chi connectivity index (χ1n) is 6.80. The molecule has 0 aliphatic heterocycles. The quantitative estimate of drug-likeness (QED) is 0.820. The predicted octanol–water partition coefficient (Wildman–Crippen LogP) is 4.27. The molecular weight excluding hydrogens is 236 g/mol. The van der Waals surface area contributed by atoms with Crippen LogP contribution >= 0.6 is 0 Å². The fraction of sp³-hybridized carbons (Fsp3) is 0.438. The molecule has 0 saturated heterocycles. The largest absolute Gasteiger partial charge is 0.423 e. The average Bonchev–Trinajstić information content (AvgIpc) is 2.78. The first-order chi connectivity index (χ1) is 8.99. The summed E-state index contributed by atoms with van der Waals surface area (Å²) < 4.78 is 5.91. The lowest BCUT2D eigenvalue weighted by molar-refractivity contribution is 0.493. The Hall–Kier alpha value is -1.77. The SMILES string of the molecule is Cc1ccc(-c2cnc(N(C(C)C)C(C)C)o2)cc1. The maximum Gasteiger partial charge on any atom is 0.298 e. The second-order valence-electron chi connectivity index (χ2n) is 5.47. The number of benzene rings is 1.